The second-order valence-corrected chi connectivity index (χ2v) is 17.2. The molecule has 12 heteroatoms. The predicted octanol–water partition coefficient (Wildman–Crippen LogP) is 6.71. The predicted molar refractivity (Wildman–Crippen MR) is 159 cm³/mol. The third-order valence-electron chi connectivity index (χ3n) is 7.75. The minimum atomic E-state index is -3.24. The van der Waals surface area contributed by atoms with Crippen LogP contribution in [-0.2, 0) is 19.7 Å². The molecule has 6 rings (SSSR count). The topological polar surface area (TPSA) is 74.8 Å². The lowest BCUT2D eigenvalue weighted by Gasteiger charge is -2.20. The van der Waals surface area contributed by atoms with E-state index in [0.29, 0.717) is 15.7 Å². The zero-order chi connectivity index (χ0) is 27.9. The standard InChI is InChI=1S/C13H16BrNO2S.C7H6BrFO2S.C6H10ClN.H2/c1-18(16,17)10-2-3-12(11(14)8-10)15-7-6-13(9-15)4-5-13;1-12(10,11)5-2-3-7(9)6(8)4-5;7-8-4-3-6(5-8)1-2-6;/h2-3,8H,4-7,9H2,1H3;2-4H,1H3;1-5H2;1H. The highest BCUT2D eigenvalue weighted by atomic mass is 79.9. The lowest BCUT2D eigenvalue weighted by Crippen LogP contribution is -2.20. The first kappa shape index (κ1) is 30.2. The molecule has 0 aromatic heterocycles. The number of benzene rings is 2. The molecule has 4 fully saturated rings. The highest BCUT2D eigenvalue weighted by molar-refractivity contribution is 9.10. The van der Waals surface area contributed by atoms with Crippen LogP contribution in [0.3, 0.4) is 0 Å². The molecule has 0 N–H and O–H groups in total. The highest BCUT2D eigenvalue weighted by Crippen LogP contribution is 2.54. The van der Waals surface area contributed by atoms with Crippen LogP contribution >= 0.6 is 43.6 Å². The van der Waals surface area contributed by atoms with Crippen LogP contribution in [0, 0.1) is 16.6 Å². The average Bonchev–Trinajstić information content (AvgIpc) is 3.67. The largest absolute Gasteiger partial charge is 0.370 e. The molecule has 0 radical (unpaired) electrons. The quantitative estimate of drug-likeness (QED) is 0.260. The van der Waals surface area contributed by atoms with Gasteiger partial charge in [0.05, 0.1) is 20.0 Å². The molecule has 212 valence electrons. The van der Waals surface area contributed by atoms with Crippen molar-refractivity contribution < 1.29 is 22.7 Å². The summed E-state index contributed by atoms with van der Waals surface area (Å²) in [6.45, 7) is 4.46. The van der Waals surface area contributed by atoms with Crippen molar-refractivity contribution in [3.63, 3.8) is 0 Å². The summed E-state index contributed by atoms with van der Waals surface area (Å²) in [4.78, 5) is 2.84. The fourth-order valence-electron chi connectivity index (χ4n) is 4.87. The van der Waals surface area contributed by atoms with Gasteiger partial charge in [0.1, 0.15) is 5.82 Å². The van der Waals surface area contributed by atoms with Gasteiger partial charge in [0.25, 0.3) is 0 Å². The van der Waals surface area contributed by atoms with E-state index in [0.717, 1.165) is 48.7 Å². The molecule has 2 aromatic carbocycles. The monoisotopic (exact) mass is 714 g/mol. The summed E-state index contributed by atoms with van der Waals surface area (Å²) >= 11 is 12.2. The maximum atomic E-state index is 12.6. The zero-order valence-electron chi connectivity index (χ0n) is 21.4. The number of hydrogen-bond donors (Lipinski definition) is 0. The lowest BCUT2D eigenvalue weighted by atomic mass is 10.1. The van der Waals surface area contributed by atoms with Gasteiger partial charge in [-0.2, -0.15) is 0 Å². The molecule has 2 aromatic rings. The van der Waals surface area contributed by atoms with Crippen LogP contribution in [0.4, 0.5) is 10.1 Å². The van der Waals surface area contributed by atoms with E-state index in [1.54, 1.807) is 12.1 Å². The van der Waals surface area contributed by atoms with Crippen molar-refractivity contribution in [3.05, 3.63) is 51.2 Å². The van der Waals surface area contributed by atoms with E-state index in [1.165, 1.54) is 56.9 Å². The third kappa shape index (κ3) is 7.72. The van der Waals surface area contributed by atoms with Crippen LogP contribution in [0.1, 0.15) is 40.0 Å². The van der Waals surface area contributed by atoms with Crippen molar-refractivity contribution in [2.45, 2.75) is 48.3 Å². The molecule has 2 aliphatic heterocycles. The second-order valence-electron chi connectivity index (χ2n) is 11.0. The number of anilines is 1. The minimum absolute atomic E-state index is 0. The van der Waals surface area contributed by atoms with Crippen molar-refractivity contribution in [2.24, 2.45) is 10.8 Å². The van der Waals surface area contributed by atoms with Crippen molar-refractivity contribution in [3.8, 4) is 0 Å². The number of hydrogen-bond acceptors (Lipinski definition) is 6. The summed E-state index contributed by atoms with van der Waals surface area (Å²) in [6.07, 6.45) is 10.5. The molecule has 2 saturated carbocycles. The lowest BCUT2D eigenvalue weighted by molar-refractivity contribution is 0.500. The van der Waals surface area contributed by atoms with Crippen molar-refractivity contribution >= 4 is 69.0 Å². The van der Waals surface area contributed by atoms with Crippen molar-refractivity contribution in [1.82, 2.24) is 4.42 Å². The molecule has 0 atom stereocenters. The summed E-state index contributed by atoms with van der Waals surface area (Å²) in [6, 6.07) is 8.91. The second kappa shape index (κ2) is 11.3. The Morgan fingerprint density at radius 3 is 1.68 bits per heavy atom. The van der Waals surface area contributed by atoms with Crippen LogP contribution in [0.5, 0.6) is 0 Å². The Labute approximate surface area is 248 Å². The maximum Gasteiger partial charge on any atom is 0.175 e. The first-order valence-corrected chi connectivity index (χ1v) is 18.1. The fraction of sp³-hybridized carbons (Fsp3) is 0.538. The molecule has 4 aliphatic rings. The van der Waals surface area contributed by atoms with Gasteiger partial charge in [0.2, 0.25) is 0 Å². The van der Waals surface area contributed by atoms with Gasteiger partial charge >= 0.3 is 0 Å². The van der Waals surface area contributed by atoms with Gasteiger partial charge in [0, 0.05) is 44.6 Å². The molecule has 0 unspecified atom stereocenters. The van der Waals surface area contributed by atoms with E-state index in [2.05, 4.69) is 36.8 Å². The van der Waals surface area contributed by atoms with E-state index in [9.17, 15) is 21.2 Å². The van der Waals surface area contributed by atoms with Gasteiger partial charge in [-0.3, -0.25) is 0 Å². The Morgan fingerprint density at radius 2 is 1.29 bits per heavy atom. The molecule has 6 nitrogen and oxygen atoms in total. The van der Waals surface area contributed by atoms with Crippen LogP contribution in [-0.4, -0.2) is 59.9 Å². The number of nitrogens with zero attached hydrogens (tertiary/aromatic N) is 2. The summed E-state index contributed by atoms with van der Waals surface area (Å²) in [5.41, 5.74) is 2.41. The molecular weight excluding hydrogens is 683 g/mol. The summed E-state index contributed by atoms with van der Waals surface area (Å²) in [5.74, 6) is -0.470. The average molecular weight is 717 g/mol. The first-order valence-electron chi connectivity index (χ1n) is 12.4. The van der Waals surface area contributed by atoms with E-state index in [4.69, 9.17) is 11.8 Å². The molecule has 0 bridgehead atoms. The Hall–Kier alpha value is -0.720. The Morgan fingerprint density at radius 1 is 0.789 bits per heavy atom. The zero-order valence-corrected chi connectivity index (χ0v) is 27.0. The third-order valence-corrected chi connectivity index (χ3v) is 11.5. The van der Waals surface area contributed by atoms with Gasteiger partial charge in [-0.25, -0.2) is 25.6 Å². The molecule has 2 spiro atoms. The SMILES string of the molecule is CS(=O)(=O)c1ccc(F)c(Br)c1.CS(=O)(=O)c1ccc(N2CCC3(CC3)C2)c(Br)c1.ClN1CCC2(CC2)C1.[HH]. The van der Waals surface area contributed by atoms with Gasteiger partial charge in [0.15, 0.2) is 19.7 Å². The van der Waals surface area contributed by atoms with Crippen LogP contribution < -0.4 is 4.90 Å². The number of rotatable bonds is 3. The van der Waals surface area contributed by atoms with Crippen LogP contribution in [0.25, 0.3) is 0 Å². The van der Waals surface area contributed by atoms with Gasteiger partial charge < -0.3 is 4.90 Å². The molecule has 0 amide bonds. The first-order chi connectivity index (χ1) is 17.6. The Balaban J connectivity index is 0.000000173. The van der Waals surface area contributed by atoms with E-state index < -0.39 is 25.5 Å². The normalized spacial score (nSPS) is 21.1. The van der Waals surface area contributed by atoms with E-state index >= 15 is 0 Å². The number of halogens is 4. The summed E-state index contributed by atoms with van der Waals surface area (Å²) < 4.78 is 60.5. The number of sulfone groups is 2. The molecular formula is C26H34Br2ClFN2O4S2. The smallest absolute Gasteiger partial charge is 0.175 e. The van der Waals surface area contributed by atoms with Gasteiger partial charge in [-0.1, -0.05) is 0 Å². The van der Waals surface area contributed by atoms with E-state index in [1.807, 2.05) is 10.5 Å². The Bertz CT molecular complexity index is 1420. The van der Waals surface area contributed by atoms with Crippen LogP contribution in [0.15, 0.2) is 55.1 Å². The minimum Gasteiger partial charge on any atom is -0.370 e. The summed E-state index contributed by atoms with van der Waals surface area (Å²) in [7, 11) is -6.36. The molecule has 38 heavy (non-hydrogen) atoms. The van der Waals surface area contributed by atoms with Gasteiger partial charge in [-0.15, -0.1) is 0 Å². The fourth-order valence-corrected chi connectivity index (χ4v) is 7.82. The molecule has 2 aliphatic carbocycles. The summed E-state index contributed by atoms with van der Waals surface area (Å²) in [5, 5.41) is 0. The highest BCUT2D eigenvalue weighted by Gasteiger charge is 2.48. The van der Waals surface area contributed by atoms with Crippen molar-refractivity contribution in [1.29, 1.82) is 0 Å². The molecule has 2 heterocycles. The Kier molecular flexibility index (Phi) is 8.98. The van der Waals surface area contributed by atoms with E-state index in [-0.39, 0.29) is 10.8 Å². The van der Waals surface area contributed by atoms with Gasteiger partial charge in [-0.05, 0) is 129 Å². The van der Waals surface area contributed by atoms with Crippen LogP contribution in [0.2, 0.25) is 0 Å². The maximum absolute atomic E-state index is 12.6. The molecule has 2 saturated heterocycles. The van der Waals surface area contributed by atoms with Crippen molar-refractivity contribution in [2.75, 3.05) is 43.6 Å².